The fourth-order valence-electron chi connectivity index (χ4n) is 9.62. The summed E-state index contributed by atoms with van der Waals surface area (Å²) in [6.07, 6.45) is 4.19. The third-order valence-electron chi connectivity index (χ3n) is 14.0. The molecule has 0 unspecified atom stereocenters. The van der Waals surface area contributed by atoms with Gasteiger partial charge in [-0.1, -0.05) is 184 Å². The first-order valence-electron chi connectivity index (χ1n) is 24.1. The topological polar surface area (TPSA) is 33.5 Å². The van der Waals surface area contributed by atoms with Crippen LogP contribution in [0.15, 0.2) is 188 Å². The zero-order valence-corrected chi connectivity index (χ0v) is 44.2. The zero-order valence-electron chi connectivity index (χ0n) is 41.9. The number of hydrogen-bond acceptors (Lipinski definition) is 4. The van der Waals surface area contributed by atoms with E-state index in [1.165, 1.54) is 33.4 Å². The van der Waals surface area contributed by atoms with Crippen LogP contribution in [-0.2, 0) is 37.3 Å². The van der Waals surface area contributed by atoms with Gasteiger partial charge in [-0.15, -0.1) is 48.1 Å². The Bertz CT molecular complexity index is 3290. The first kappa shape index (κ1) is 48.3. The van der Waals surface area contributed by atoms with E-state index in [0.717, 1.165) is 50.3 Å². The van der Waals surface area contributed by atoms with E-state index in [2.05, 4.69) is 260 Å². The first-order valence-corrected chi connectivity index (χ1v) is 24.1. The van der Waals surface area contributed by atoms with E-state index >= 15 is 0 Å². The van der Waals surface area contributed by atoms with Gasteiger partial charge in [-0.2, -0.15) is 12.1 Å². The number of fused-ring (bicyclic) bond motifs is 3. The van der Waals surface area contributed by atoms with Crippen molar-refractivity contribution in [2.45, 2.75) is 85.5 Å². The van der Waals surface area contributed by atoms with Crippen molar-refractivity contribution in [1.29, 1.82) is 0 Å². The third kappa shape index (κ3) is 9.25. The number of hydrogen-bond donors (Lipinski definition) is 0. The smallest absolute Gasteiger partial charge is 0.135 e. The summed E-state index contributed by atoms with van der Waals surface area (Å²) in [6.45, 7) is 25.0. The second kappa shape index (κ2) is 18.6. The van der Waals surface area contributed by atoms with Crippen molar-refractivity contribution >= 4 is 33.2 Å². The molecule has 3 heterocycles. The molecule has 7 aromatic carbocycles. The summed E-state index contributed by atoms with van der Waals surface area (Å²) in [5, 5.41) is 2.21. The van der Waals surface area contributed by atoms with Crippen molar-refractivity contribution < 1.29 is 25.8 Å². The van der Waals surface area contributed by atoms with Gasteiger partial charge in [-0.05, 0) is 86.3 Å². The monoisotopic (exact) mass is 1100 g/mol. The van der Waals surface area contributed by atoms with Gasteiger partial charge in [-0.3, -0.25) is 0 Å². The minimum absolute atomic E-state index is 0. The molecule has 0 atom stereocenters. The van der Waals surface area contributed by atoms with E-state index in [0.29, 0.717) is 11.5 Å². The van der Waals surface area contributed by atoms with Crippen LogP contribution in [0.3, 0.4) is 0 Å². The number of rotatable bonds is 10. The molecule has 0 saturated heterocycles. The molecule has 0 fully saturated rings. The Morgan fingerprint density at radius 2 is 1.11 bits per heavy atom. The van der Waals surface area contributed by atoms with Gasteiger partial charge in [0, 0.05) is 71.9 Å². The van der Waals surface area contributed by atoms with E-state index < -0.39 is 0 Å². The molecule has 0 N–H and O–H groups in total. The molecule has 2 aromatic heterocycles. The molecule has 0 spiro atoms. The number of anilines is 2. The SMILES string of the molecule is CC(C)(C)C1=CN(c2cc(C(C)(C)c3ccccc3)cc(C(C)(C)c3ccccc3)c2)[CH-]N1c1[c-]c(Oc2[c-]c3c(cc2)c2cc(-c4ccccc4)ccc2n3-c2cc(C(C)(C)C)ccn2)ccc1.[Pt]. The van der Waals surface area contributed by atoms with Gasteiger partial charge in [0.05, 0.1) is 0 Å². The Morgan fingerprint density at radius 3 is 1.73 bits per heavy atom. The minimum Gasteiger partial charge on any atom is -0.509 e. The van der Waals surface area contributed by atoms with Crippen LogP contribution in [0, 0.1) is 24.2 Å². The molecule has 10 rings (SSSR count). The molecule has 356 valence electrons. The standard InChI is InChI=1S/C64H61N4O.Pt/c1-61(2,3)48-33-34-65-60(39-48)68-57-32-29-45(44-21-14-11-15-22-44)35-56(57)55-31-30-54(41-58(55)68)69-53-28-20-27-51(40-53)67-43-66(42-59(67)62(4,5)6)52-37-49(63(7,8)46-23-16-12-17-24-46)36-50(38-52)64(9,10)47-25-18-13-19-26-47;/h11-39,42-43H,1-10H3;/q-3;. The fraction of sp³-hybridized carbons (Fsp3) is 0.219. The maximum Gasteiger partial charge on any atom is 0.135 e. The van der Waals surface area contributed by atoms with Crippen molar-refractivity contribution in [2.75, 3.05) is 9.80 Å². The van der Waals surface area contributed by atoms with Crippen LogP contribution in [0.1, 0.15) is 97.1 Å². The summed E-state index contributed by atoms with van der Waals surface area (Å²) < 4.78 is 8.97. The minimum atomic E-state index is -0.249. The number of benzene rings is 7. The Labute approximate surface area is 429 Å². The van der Waals surface area contributed by atoms with Gasteiger partial charge in [0.25, 0.3) is 0 Å². The molecular formula is C64H61N4OPt-3. The molecule has 5 nitrogen and oxygen atoms in total. The molecule has 0 bridgehead atoms. The molecule has 9 aromatic rings. The Balaban J connectivity index is 0.00000608. The van der Waals surface area contributed by atoms with Gasteiger partial charge >= 0.3 is 0 Å². The predicted octanol–water partition coefficient (Wildman–Crippen LogP) is 16.5. The summed E-state index contributed by atoms with van der Waals surface area (Å²) >= 11 is 0. The quantitative estimate of drug-likeness (QED) is 0.128. The van der Waals surface area contributed by atoms with Crippen LogP contribution in [0.2, 0.25) is 0 Å². The van der Waals surface area contributed by atoms with Crippen molar-refractivity contribution in [3.05, 3.63) is 235 Å². The van der Waals surface area contributed by atoms with Crippen LogP contribution in [0.25, 0.3) is 38.8 Å². The number of ether oxygens (including phenoxy) is 1. The summed E-state index contributed by atoms with van der Waals surface area (Å²) in [4.78, 5) is 9.48. The second-order valence-corrected chi connectivity index (χ2v) is 21.6. The molecule has 0 aliphatic carbocycles. The van der Waals surface area contributed by atoms with Gasteiger partial charge in [-0.25, -0.2) is 4.98 Å². The Kier molecular flexibility index (Phi) is 12.8. The third-order valence-corrected chi connectivity index (χ3v) is 14.0. The Morgan fingerprint density at radius 1 is 0.500 bits per heavy atom. The number of allylic oxidation sites excluding steroid dienone is 1. The molecule has 0 saturated carbocycles. The van der Waals surface area contributed by atoms with E-state index in [1.807, 2.05) is 24.4 Å². The maximum absolute atomic E-state index is 6.75. The molecule has 1 aliphatic heterocycles. The van der Waals surface area contributed by atoms with Crippen molar-refractivity contribution in [1.82, 2.24) is 9.55 Å². The van der Waals surface area contributed by atoms with E-state index in [-0.39, 0.29) is 42.7 Å². The van der Waals surface area contributed by atoms with Crippen LogP contribution < -0.4 is 14.5 Å². The van der Waals surface area contributed by atoms with Crippen LogP contribution in [0.5, 0.6) is 11.5 Å². The van der Waals surface area contributed by atoms with Crippen LogP contribution >= 0.6 is 0 Å². The van der Waals surface area contributed by atoms with Crippen molar-refractivity contribution in [2.24, 2.45) is 5.41 Å². The van der Waals surface area contributed by atoms with Crippen molar-refractivity contribution in [3.63, 3.8) is 0 Å². The average molecular weight is 1100 g/mol. The Hall–Kier alpha value is -6.68. The van der Waals surface area contributed by atoms with E-state index in [4.69, 9.17) is 9.72 Å². The normalized spacial score (nSPS) is 13.4. The number of nitrogens with zero attached hydrogens (tertiary/aromatic N) is 4. The largest absolute Gasteiger partial charge is 0.509 e. The summed E-state index contributed by atoms with van der Waals surface area (Å²) in [5.41, 5.74) is 12.9. The van der Waals surface area contributed by atoms with Gasteiger partial charge in [0.15, 0.2) is 0 Å². The molecule has 6 heteroatoms. The number of aromatic nitrogens is 2. The number of pyridine rings is 1. The van der Waals surface area contributed by atoms with Crippen LogP contribution in [0.4, 0.5) is 11.4 Å². The molecule has 0 amide bonds. The summed E-state index contributed by atoms with van der Waals surface area (Å²) in [6, 6.07) is 68.0. The molecule has 1 aliphatic rings. The van der Waals surface area contributed by atoms with E-state index in [1.54, 1.807) is 0 Å². The van der Waals surface area contributed by atoms with Crippen molar-refractivity contribution in [3.8, 4) is 28.4 Å². The fourth-order valence-corrected chi connectivity index (χ4v) is 9.62. The van der Waals surface area contributed by atoms with E-state index in [9.17, 15) is 0 Å². The van der Waals surface area contributed by atoms with Gasteiger partial charge < -0.3 is 19.1 Å². The maximum atomic E-state index is 6.75. The molecule has 70 heavy (non-hydrogen) atoms. The van der Waals surface area contributed by atoms with Gasteiger partial charge in [0.1, 0.15) is 5.82 Å². The predicted molar refractivity (Wildman–Crippen MR) is 287 cm³/mol. The average Bonchev–Trinajstić information content (AvgIpc) is 3.95. The second-order valence-electron chi connectivity index (χ2n) is 21.6. The summed E-state index contributed by atoms with van der Waals surface area (Å²) in [5.74, 6) is 2.04. The first-order chi connectivity index (χ1) is 32.9. The zero-order chi connectivity index (χ0) is 48.3. The van der Waals surface area contributed by atoms with Crippen LogP contribution in [-0.4, -0.2) is 9.55 Å². The molecular weight excluding hydrogens is 1040 g/mol. The molecule has 0 radical (unpaired) electrons. The summed E-state index contributed by atoms with van der Waals surface area (Å²) in [7, 11) is 0. The van der Waals surface area contributed by atoms with Gasteiger partial charge in [0.2, 0.25) is 0 Å².